The average Bonchev–Trinajstić information content (AvgIpc) is 2.35. The summed E-state index contributed by atoms with van der Waals surface area (Å²) >= 11 is 6.10. The number of halogens is 1. The maximum absolute atomic E-state index is 6.10. The van der Waals surface area contributed by atoms with Crippen LogP contribution >= 0.6 is 11.6 Å². The highest BCUT2D eigenvalue weighted by atomic mass is 35.5. The molecule has 0 bridgehead atoms. The Morgan fingerprint density at radius 1 is 1.28 bits per heavy atom. The lowest BCUT2D eigenvalue weighted by Gasteiger charge is -2.41. The Balaban J connectivity index is 2.50. The van der Waals surface area contributed by atoms with E-state index >= 15 is 0 Å². The van der Waals surface area contributed by atoms with Crippen molar-refractivity contribution in [1.29, 1.82) is 0 Å². The van der Waals surface area contributed by atoms with Gasteiger partial charge in [-0.25, -0.2) is 0 Å². The van der Waals surface area contributed by atoms with Crippen molar-refractivity contribution in [3.63, 3.8) is 0 Å². The summed E-state index contributed by atoms with van der Waals surface area (Å²) < 4.78 is 0. The monoisotopic (exact) mass is 266 g/mol. The SMILES string of the molecule is CC1(C)CNc2cc(Cl)ccc2N(C(C)(C)C)C1. The van der Waals surface area contributed by atoms with Gasteiger partial charge in [0.15, 0.2) is 0 Å². The molecule has 1 aliphatic heterocycles. The Morgan fingerprint density at radius 3 is 2.56 bits per heavy atom. The lowest BCUT2D eigenvalue weighted by molar-refractivity contribution is 0.356. The molecule has 0 saturated carbocycles. The number of fused-ring (bicyclic) bond motifs is 1. The van der Waals surface area contributed by atoms with Crippen LogP contribution in [0.5, 0.6) is 0 Å². The lowest BCUT2D eigenvalue weighted by Crippen LogP contribution is -2.46. The van der Waals surface area contributed by atoms with Crippen LogP contribution < -0.4 is 10.2 Å². The van der Waals surface area contributed by atoms with Gasteiger partial charge in [-0.2, -0.15) is 0 Å². The molecule has 0 atom stereocenters. The fourth-order valence-electron chi connectivity index (χ4n) is 2.39. The lowest BCUT2D eigenvalue weighted by atomic mass is 9.91. The van der Waals surface area contributed by atoms with E-state index in [1.54, 1.807) is 0 Å². The summed E-state index contributed by atoms with van der Waals surface area (Å²) in [6, 6.07) is 6.12. The molecule has 1 aromatic carbocycles. The maximum atomic E-state index is 6.10. The Morgan fingerprint density at radius 2 is 1.94 bits per heavy atom. The minimum Gasteiger partial charge on any atom is -0.383 e. The van der Waals surface area contributed by atoms with Gasteiger partial charge < -0.3 is 10.2 Å². The quantitative estimate of drug-likeness (QED) is 0.749. The summed E-state index contributed by atoms with van der Waals surface area (Å²) in [6.07, 6.45) is 0. The molecule has 100 valence electrons. The first kappa shape index (κ1) is 13.5. The molecule has 0 aromatic heterocycles. The number of hydrogen-bond acceptors (Lipinski definition) is 2. The molecule has 1 aromatic rings. The van der Waals surface area contributed by atoms with Crippen LogP contribution in [0.3, 0.4) is 0 Å². The van der Waals surface area contributed by atoms with Crippen LogP contribution in [0.25, 0.3) is 0 Å². The van der Waals surface area contributed by atoms with Crippen LogP contribution in [-0.4, -0.2) is 18.6 Å². The molecule has 2 nitrogen and oxygen atoms in total. The van der Waals surface area contributed by atoms with Gasteiger partial charge in [-0.15, -0.1) is 0 Å². The van der Waals surface area contributed by atoms with E-state index in [1.807, 2.05) is 12.1 Å². The molecule has 1 heterocycles. The van der Waals surface area contributed by atoms with E-state index in [4.69, 9.17) is 11.6 Å². The highest BCUT2D eigenvalue weighted by Crippen LogP contribution is 2.38. The predicted octanol–water partition coefficient (Wildman–Crippen LogP) is 4.40. The average molecular weight is 267 g/mol. The van der Waals surface area contributed by atoms with Crippen molar-refractivity contribution in [1.82, 2.24) is 0 Å². The Labute approximate surface area is 115 Å². The smallest absolute Gasteiger partial charge is 0.0607 e. The molecule has 1 N–H and O–H groups in total. The maximum Gasteiger partial charge on any atom is 0.0607 e. The van der Waals surface area contributed by atoms with Gasteiger partial charge in [0.1, 0.15) is 0 Å². The largest absolute Gasteiger partial charge is 0.383 e. The van der Waals surface area contributed by atoms with Crippen molar-refractivity contribution in [2.24, 2.45) is 5.41 Å². The van der Waals surface area contributed by atoms with Crippen molar-refractivity contribution in [3.8, 4) is 0 Å². The number of anilines is 2. The molecular weight excluding hydrogens is 244 g/mol. The topological polar surface area (TPSA) is 15.3 Å². The van der Waals surface area contributed by atoms with Crippen LogP contribution in [0.1, 0.15) is 34.6 Å². The summed E-state index contributed by atoms with van der Waals surface area (Å²) in [7, 11) is 0. The molecule has 0 saturated heterocycles. The van der Waals surface area contributed by atoms with Crippen molar-refractivity contribution in [3.05, 3.63) is 23.2 Å². The van der Waals surface area contributed by atoms with Gasteiger partial charge in [0.2, 0.25) is 0 Å². The van der Waals surface area contributed by atoms with E-state index in [0.29, 0.717) is 0 Å². The Hall–Kier alpha value is -0.890. The second-order valence-electron chi connectivity index (χ2n) is 6.94. The number of benzene rings is 1. The molecule has 0 radical (unpaired) electrons. The summed E-state index contributed by atoms with van der Waals surface area (Å²) in [6.45, 7) is 13.4. The second kappa shape index (κ2) is 4.34. The second-order valence-corrected chi connectivity index (χ2v) is 7.37. The van der Waals surface area contributed by atoms with Gasteiger partial charge in [0.05, 0.1) is 11.4 Å². The first-order chi connectivity index (χ1) is 8.19. The van der Waals surface area contributed by atoms with Crippen LogP contribution in [0.4, 0.5) is 11.4 Å². The standard InChI is InChI=1S/C15H23ClN2/c1-14(2,3)18-10-15(4,5)9-17-12-8-11(16)6-7-13(12)18/h6-8,17H,9-10H2,1-5H3. The summed E-state index contributed by atoms with van der Waals surface area (Å²) in [5.41, 5.74) is 2.73. The molecule has 2 rings (SSSR count). The third-order valence-corrected chi connectivity index (χ3v) is 3.64. The minimum atomic E-state index is 0.103. The molecule has 0 unspecified atom stereocenters. The molecular formula is C15H23ClN2. The van der Waals surface area contributed by atoms with E-state index in [-0.39, 0.29) is 11.0 Å². The van der Waals surface area contributed by atoms with Gasteiger partial charge in [-0.3, -0.25) is 0 Å². The molecule has 0 aliphatic carbocycles. The highest BCUT2D eigenvalue weighted by Gasteiger charge is 2.32. The zero-order valence-corrected chi connectivity index (χ0v) is 12.7. The Bertz CT molecular complexity index is 446. The number of hydrogen-bond donors (Lipinski definition) is 1. The van der Waals surface area contributed by atoms with Gasteiger partial charge >= 0.3 is 0 Å². The molecule has 18 heavy (non-hydrogen) atoms. The predicted molar refractivity (Wildman–Crippen MR) is 80.8 cm³/mol. The number of rotatable bonds is 0. The number of nitrogens with one attached hydrogen (secondary N) is 1. The van der Waals surface area contributed by atoms with Gasteiger partial charge in [-0.05, 0) is 44.4 Å². The summed E-state index contributed by atoms with van der Waals surface area (Å²) in [5, 5.41) is 4.32. The van der Waals surface area contributed by atoms with Gasteiger partial charge in [0.25, 0.3) is 0 Å². The number of nitrogens with zero attached hydrogens (tertiary/aromatic N) is 1. The van der Waals surface area contributed by atoms with E-state index in [1.165, 1.54) is 5.69 Å². The van der Waals surface area contributed by atoms with Gasteiger partial charge in [0, 0.05) is 23.7 Å². The molecule has 0 amide bonds. The zero-order chi connectivity index (χ0) is 13.6. The van der Waals surface area contributed by atoms with E-state index < -0.39 is 0 Å². The van der Waals surface area contributed by atoms with E-state index in [2.05, 4.69) is 50.9 Å². The molecule has 0 spiro atoms. The summed E-state index contributed by atoms with van der Waals surface area (Å²) in [5.74, 6) is 0. The fraction of sp³-hybridized carbons (Fsp3) is 0.600. The van der Waals surface area contributed by atoms with Crippen LogP contribution in [0.2, 0.25) is 5.02 Å². The van der Waals surface area contributed by atoms with E-state index in [0.717, 1.165) is 23.8 Å². The van der Waals surface area contributed by atoms with Crippen molar-refractivity contribution >= 4 is 23.0 Å². The van der Waals surface area contributed by atoms with Gasteiger partial charge in [-0.1, -0.05) is 25.4 Å². The van der Waals surface area contributed by atoms with E-state index in [9.17, 15) is 0 Å². The van der Waals surface area contributed by atoms with Crippen molar-refractivity contribution < 1.29 is 0 Å². The van der Waals surface area contributed by atoms with Crippen molar-refractivity contribution in [2.45, 2.75) is 40.2 Å². The van der Waals surface area contributed by atoms with Crippen LogP contribution in [-0.2, 0) is 0 Å². The minimum absolute atomic E-state index is 0.103. The highest BCUT2D eigenvalue weighted by molar-refractivity contribution is 6.31. The van der Waals surface area contributed by atoms with Crippen LogP contribution in [0, 0.1) is 5.41 Å². The summed E-state index contributed by atoms with van der Waals surface area (Å²) in [4.78, 5) is 2.47. The Kier molecular flexibility index (Phi) is 3.26. The first-order valence-electron chi connectivity index (χ1n) is 6.50. The third kappa shape index (κ3) is 2.74. The normalized spacial score (nSPS) is 18.9. The molecule has 1 aliphatic rings. The first-order valence-corrected chi connectivity index (χ1v) is 6.88. The van der Waals surface area contributed by atoms with Crippen molar-refractivity contribution in [2.75, 3.05) is 23.3 Å². The zero-order valence-electron chi connectivity index (χ0n) is 12.0. The molecule has 3 heteroatoms. The van der Waals surface area contributed by atoms with Crippen LogP contribution in [0.15, 0.2) is 18.2 Å². The third-order valence-electron chi connectivity index (χ3n) is 3.40. The fourth-order valence-corrected chi connectivity index (χ4v) is 2.56. The molecule has 0 fully saturated rings.